The lowest BCUT2D eigenvalue weighted by atomic mass is 9.92. The molecule has 1 fully saturated rings. The van der Waals surface area contributed by atoms with Crippen molar-refractivity contribution in [1.82, 2.24) is 0 Å². The molecule has 6 heteroatoms. The molecule has 36 heavy (non-hydrogen) atoms. The molecule has 0 aliphatic carbocycles. The second kappa shape index (κ2) is 10.9. The fourth-order valence-electron chi connectivity index (χ4n) is 5.21. The molecule has 1 N–H and O–H groups in total. The molecule has 0 radical (unpaired) electrons. The quantitative estimate of drug-likeness (QED) is 0.405. The van der Waals surface area contributed by atoms with Crippen LogP contribution in [-0.4, -0.2) is 34.7 Å². The van der Waals surface area contributed by atoms with Gasteiger partial charge in [0.1, 0.15) is 30.5 Å². The van der Waals surface area contributed by atoms with Crippen LogP contribution in [0.1, 0.15) is 47.6 Å². The standard InChI is InChI=1S/C30H33NO4S/c1-20-15-26(35-25-10-13-36(33)14-11-25)16-21(2)30(20)24-7-3-6-23(18-24)28-19-34-29-17-22(5-4-12-32)8-9-27(29)31-28/h3,6-9,12,15-18,25,28,31H,4-5,10-11,13-14,19H2,1-2H3. The summed E-state index contributed by atoms with van der Waals surface area (Å²) in [5, 5.41) is 3.63. The van der Waals surface area contributed by atoms with Gasteiger partial charge in [-0.15, -0.1) is 0 Å². The summed E-state index contributed by atoms with van der Waals surface area (Å²) in [5.41, 5.74) is 8.04. The normalized spacial score (nSPS) is 21.1. The summed E-state index contributed by atoms with van der Waals surface area (Å²) in [6, 6.07) is 19.1. The van der Waals surface area contributed by atoms with Crippen LogP contribution in [0.3, 0.4) is 0 Å². The van der Waals surface area contributed by atoms with Crippen LogP contribution < -0.4 is 14.8 Å². The van der Waals surface area contributed by atoms with Crippen LogP contribution in [-0.2, 0) is 22.0 Å². The third kappa shape index (κ3) is 5.49. The monoisotopic (exact) mass is 503 g/mol. The summed E-state index contributed by atoms with van der Waals surface area (Å²) in [4.78, 5) is 10.7. The summed E-state index contributed by atoms with van der Waals surface area (Å²) in [7, 11) is -0.681. The van der Waals surface area contributed by atoms with Gasteiger partial charge in [0.2, 0.25) is 0 Å². The lowest BCUT2D eigenvalue weighted by molar-refractivity contribution is -0.107. The predicted octanol–water partition coefficient (Wildman–Crippen LogP) is 5.94. The fraction of sp³-hybridized carbons (Fsp3) is 0.367. The zero-order valence-electron chi connectivity index (χ0n) is 20.9. The lowest BCUT2D eigenvalue weighted by Crippen LogP contribution is -2.27. The molecule has 1 saturated heterocycles. The summed E-state index contributed by atoms with van der Waals surface area (Å²) < 4.78 is 24.0. The first-order chi connectivity index (χ1) is 17.5. The minimum absolute atomic E-state index is 0.0540. The number of carbonyl (C=O) groups excluding carboxylic acids is 1. The lowest BCUT2D eigenvalue weighted by Gasteiger charge is -2.28. The van der Waals surface area contributed by atoms with E-state index >= 15 is 0 Å². The molecular formula is C30H33NO4S. The number of benzene rings is 3. The van der Waals surface area contributed by atoms with E-state index in [9.17, 15) is 9.00 Å². The van der Waals surface area contributed by atoms with Crippen LogP contribution in [0.5, 0.6) is 11.5 Å². The summed E-state index contributed by atoms with van der Waals surface area (Å²) in [6.07, 6.45) is 4.07. The van der Waals surface area contributed by atoms with E-state index in [1.807, 2.05) is 12.1 Å². The topological polar surface area (TPSA) is 64.6 Å². The van der Waals surface area contributed by atoms with Crippen molar-refractivity contribution >= 4 is 22.8 Å². The highest BCUT2D eigenvalue weighted by Crippen LogP contribution is 2.37. The van der Waals surface area contributed by atoms with Gasteiger partial charge < -0.3 is 19.6 Å². The number of fused-ring (bicyclic) bond motifs is 1. The largest absolute Gasteiger partial charge is 0.490 e. The molecular weight excluding hydrogens is 470 g/mol. The molecule has 2 heterocycles. The number of ether oxygens (including phenoxy) is 2. The minimum atomic E-state index is -0.681. The molecule has 0 spiro atoms. The number of aldehydes is 1. The molecule has 5 rings (SSSR count). The van der Waals surface area contributed by atoms with Crippen molar-refractivity contribution in [2.45, 2.75) is 51.7 Å². The molecule has 2 aliphatic heterocycles. The second-order valence-electron chi connectivity index (χ2n) is 9.77. The van der Waals surface area contributed by atoms with Crippen LogP contribution in [0.4, 0.5) is 5.69 Å². The molecule has 3 aromatic carbocycles. The number of anilines is 1. The molecule has 5 nitrogen and oxygen atoms in total. The Balaban J connectivity index is 1.33. The Kier molecular flexibility index (Phi) is 7.42. The van der Waals surface area contributed by atoms with Crippen molar-refractivity contribution in [3.8, 4) is 22.6 Å². The van der Waals surface area contributed by atoms with Crippen molar-refractivity contribution < 1.29 is 18.5 Å². The molecule has 0 amide bonds. The Hall–Kier alpha value is -3.12. The molecule has 1 atom stereocenters. The number of hydrogen-bond acceptors (Lipinski definition) is 5. The van der Waals surface area contributed by atoms with Gasteiger partial charge in [0.15, 0.2) is 0 Å². The Morgan fingerprint density at radius 2 is 1.83 bits per heavy atom. The van der Waals surface area contributed by atoms with E-state index in [4.69, 9.17) is 9.47 Å². The van der Waals surface area contributed by atoms with E-state index in [-0.39, 0.29) is 12.1 Å². The van der Waals surface area contributed by atoms with E-state index in [1.165, 1.54) is 27.8 Å². The van der Waals surface area contributed by atoms with Gasteiger partial charge in [0.25, 0.3) is 0 Å². The summed E-state index contributed by atoms with van der Waals surface area (Å²) >= 11 is 0. The van der Waals surface area contributed by atoms with E-state index in [2.05, 4.69) is 61.6 Å². The van der Waals surface area contributed by atoms with Crippen molar-refractivity contribution in [2.75, 3.05) is 23.4 Å². The van der Waals surface area contributed by atoms with E-state index in [0.717, 1.165) is 59.8 Å². The summed E-state index contributed by atoms with van der Waals surface area (Å²) in [6.45, 7) is 4.82. The average molecular weight is 504 g/mol. The first kappa shape index (κ1) is 24.6. The van der Waals surface area contributed by atoms with Crippen LogP contribution >= 0.6 is 0 Å². The van der Waals surface area contributed by atoms with E-state index in [0.29, 0.717) is 13.0 Å². The molecule has 0 aromatic heterocycles. The third-order valence-electron chi connectivity index (χ3n) is 7.05. The zero-order chi connectivity index (χ0) is 25.1. The maximum atomic E-state index is 11.7. The maximum absolute atomic E-state index is 11.7. The van der Waals surface area contributed by atoms with Crippen LogP contribution in [0, 0.1) is 13.8 Å². The number of nitrogens with one attached hydrogen (secondary N) is 1. The molecule has 1 unspecified atom stereocenters. The van der Waals surface area contributed by atoms with Crippen molar-refractivity contribution in [2.24, 2.45) is 0 Å². The fourth-order valence-corrected chi connectivity index (χ4v) is 6.46. The number of aryl methyl sites for hydroxylation is 3. The van der Waals surface area contributed by atoms with Gasteiger partial charge in [0.05, 0.1) is 11.7 Å². The highest BCUT2D eigenvalue weighted by Gasteiger charge is 2.22. The maximum Gasteiger partial charge on any atom is 0.142 e. The van der Waals surface area contributed by atoms with Gasteiger partial charge in [-0.2, -0.15) is 0 Å². The number of carbonyl (C=O) groups is 1. The molecule has 0 bridgehead atoms. The highest BCUT2D eigenvalue weighted by atomic mass is 32.2. The summed E-state index contributed by atoms with van der Waals surface area (Å²) in [5.74, 6) is 3.21. The van der Waals surface area contributed by atoms with Crippen LogP contribution in [0.25, 0.3) is 11.1 Å². The highest BCUT2D eigenvalue weighted by molar-refractivity contribution is 7.85. The minimum Gasteiger partial charge on any atom is -0.490 e. The van der Waals surface area contributed by atoms with Gasteiger partial charge >= 0.3 is 0 Å². The van der Waals surface area contributed by atoms with Gasteiger partial charge in [-0.25, -0.2) is 0 Å². The van der Waals surface area contributed by atoms with Gasteiger partial charge in [0, 0.05) is 28.7 Å². The Bertz CT molecular complexity index is 1250. The Morgan fingerprint density at radius 1 is 1.06 bits per heavy atom. The van der Waals surface area contributed by atoms with Gasteiger partial charge in [-0.1, -0.05) is 24.3 Å². The Morgan fingerprint density at radius 3 is 2.58 bits per heavy atom. The van der Waals surface area contributed by atoms with Gasteiger partial charge in [-0.05, 0) is 96.8 Å². The molecule has 0 saturated carbocycles. The number of rotatable bonds is 7. The molecule has 188 valence electrons. The van der Waals surface area contributed by atoms with Crippen molar-refractivity contribution in [3.05, 3.63) is 76.9 Å². The second-order valence-corrected chi connectivity index (χ2v) is 11.5. The van der Waals surface area contributed by atoms with E-state index < -0.39 is 10.8 Å². The van der Waals surface area contributed by atoms with Crippen molar-refractivity contribution in [3.63, 3.8) is 0 Å². The van der Waals surface area contributed by atoms with Gasteiger partial charge in [-0.3, -0.25) is 4.21 Å². The SMILES string of the molecule is Cc1cc(OC2CCS(=O)CC2)cc(C)c1-c1cccc(C2COc3cc(CCC=O)ccc3N2)c1. The predicted molar refractivity (Wildman–Crippen MR) is 146 cm³/mol. The Labute approximate surface area is 215 Å². The van der Waals surface area contributed by atoms with Crippen molar-refractivity contribution in [1.29, 1.82) is 0 Å². The smallest absolute Gasteiger partial charge is 0.142 e. The van der Waals surface area contributed by atoms with Crippen LogP contribution in [0.2, 0.25) is 0 Å². The third-order valence-corrected chi connectivity index (χ3v) is 8.44. The first-order valence-electron chi connectivity index (χ1n) is 12.7. The molecule has 3 aromatic rings. The van der Waals surface area contributed by atoms with Crippen LogP contribution in [0.15, 0.2) is 54.6 Å². The first-order valence-corrected chi connectivity index (χ1v) is 14.2. The van der Waals surface area contributed by atoms with E-state index in [1.54, 1.807) is 0 Å². The zero-order valence-corrected chi connectivity index (χ0v) is 21.7. The molecule has 2 aliphatic rings. The average Bonchev–Trinajstić information content (AvgIpc) is 2.88. The number of hydrogen-bond donors (Lipinski definition) is 1.